The van der Waals surface area contributed by atoms with Crippen LogP contribution in [0.25, 0.3) is 0 Å². The number of carbonyl (C=O) groups is 1. The minimum atomic E-state index is -1.28. The molecule has 6 heteroatoms. The molecule has 108 valence electrons. The van der Waals surface area contributed by atoms with Crippen molar-refractivity contribution in [3.63, 3.8) is 0 Å². The van der Waals surface area contributed by atoms with Crippen molar-refractivity contribution >= 4 is 37.3 Å². The number of anilines is 2. The van der Waals surface area contributed by atoms with Crippen LogP contribution in [0.4, 0.5) is 11.4 Å². The van der Waals surface area contributed by atoms with Gasteiger partial charge in [0.05, 0.1) is 22.0 Å². The van der Waals surface area contributed by atoms with E-state index in [4.69, 9.17) is 16.1 Å². The van der Waals surface area contributed by atoms with Crippen molar-refractivity contribution in [2.45, 2.75) is 0 Å². The molecule has 4 nitrogen and oxygen atoms in total. The van der Waals surface area contributed by atoms with E-state index in [9.17, 15) is 4.79 Å². The Labute approximate surface area is 129 Å². The fourth-order valence-electron chi connectivity index (χ4n) is 2.38. The SMILES string of the molecule is COP1N(C)c2ccccc2C(=O)N1c1ccccc1Cl. The number of amides is 1. The highest BCUT2D eigenvalue weighted by atomic mass is 35.5. The number of carbonyl (C=O) groups excluding carboxylic acids is 1. The van der Waals surface area contributed by atoms with Crippen molar-refractivity contribution in [2.75, 3.05) is 23.5 Å². The summed E-state index contributed by atoms with van der Waals surface area (Å²) in [6.07, 6.45) is 0. The van der Waals surface area contributed by atoms with Gasteiger partial charge in [-0.05, 0) is 24.3 Å². The number of hydrogen-bond donors (Lipinski definition) is 0. The standard InChI is InChI=1S/C15H14ClN2O2P/c1-17-13-9-5-3-7-11(13)15(19)18(21(17)20-2)14-10-6-4-8-12(14)16/h3-10H,1-2H3. The number of fused-ring (bicyclic) bond motifs is 1. The van der Waals surface area contributed by atoms with Crippen LogP contribution in [-0.2, 0) is 4.52 Å². The van der Waals surface area contributed by atoms with Gasteiger partial charge in [0.2, 0.25) is 0 Å². The molecule has 1 unspecified atom stereocenters. The summed E-state index contributed by atoms with van der Waals surface area (Å²) < 4.78 is 9.21. The second kappa shape index (κ2) is 5.64. The summed E-state index contributed by atoms with van der Waals surface area (Å²) in [5.74, 6) is -0.0928. The third-order valence-electron chi connectivity index (χ3n) is 3.35. The zero-order chi connectivity index (χ0) is 15.0. The molecule has 0 N–H and O–H groups in total. The Morgan fingerprint density at radius 3 is 2.33 bits per heavy atom. The van der Waals surface area contributed by atoms with Gasteiger partial charge < -0.3 is 9.19 Å². The van der Waals surface area contributed by atoms with Gasteiger partial charge in [-0.1, -0.05) is 35.9 Å². The first-order chi connectivity index (χ1) is 10.1. The predicted molar refractivity (Wildman–Crippen MR) is 87.0 cm³/mol. The largest absolute Gasteiger partial charge is 0.326 e. The molecule has 1 amide bonds. The molecule has 1 heterocycles. The molecule has 0 saturated heterocycles. The molecule has 2 aromatic rings. The number of para-hydroxylation sites is 2. The molecule has 0 aromatic heterocycles. The maximum Gasteiger partial charge on any atom is 0.266 e. The first kappa shape index (κ1) is 14.3. The molecule has 2 aromatic carbocycles. The van der Waals surface area contributed by atoms with Gasteiger partial charge in [-0.2, -0.15) is 0 Å². The third-order valence-corrected chi connectivity index (χ3v) is 5.46. The van der Waals surface area contributed by atoms with Gasteiger partial charge in [-0.25, -0.2) is 4.67 Å². The lowest BCUT2D eigenvalue weighted by atomic mass is 10.1. The third kappa shape index (κ3) is 2.30. The molecular weight excluding hydrogens is 307 g/mol. The molecule has 1 aliphatic rings. The monoisotopic (exact) mass is 320 g/mol. The summed E-state index contributed by atoms with van der Waals surface area (Å²) in [6, 6.07) is 14.8. The number of nitrogens with zero attached hydrogens (tertiary/aromatic N) is 2. The summed E-state index contributed by atoms with van der Waals surface area (Å²) in [7, 11) is 2.25. The minimum absolute atomic E-state index is 0.0928. The van der Waals surface area contributed by atoms with E-state index in [0.717, 1.165) is 5.69 Å². The first-order valence-electron chi connectivity index (χ1n) is 6.41. The molecule has 3 rings (SSSR count). The van der Waals surface area contributed by atoms with Crippen molar-refractivity contribution in [1.82, 2.24) is 0 Å². The van der Waals surface area contributed by atoms with E-state index in [1.54, 1.807) is 17.8 Å². The van der Waals surface area contributed by atoms with Crippen molar-refractivity contribution in [2.24, 2.45) is 0 Å². The topological polar surface area (TPSA) is 32.8 Å². The van der Waals surface area contributed by atoms with Gasteiger partial charge >= 0.3 is 0 Å². The quantitative estimate of drug-likeness (QED) is 0.773. The number of hydrogen-bond acceptors (Lipinski definition) is 3. The minimum Gasteiger partial charge on any atom is -0.326 e. The van der Waals surface area contributed by atoms with E-state index in [2.05, 4.69) is 0 Å². The Morgan fingerprint density at radius 1 is 1.05 bits per heavy atom. The predicted octanol–water partition coefficient (Wildman–Crippen LogP) is 4.31. The van der Waals surface area contributed by atoms with E-state index in [1.165, 1.54) is 0 Å². The van der Waals surface area contributed by atoms with Crippen molar-refractivity contribution < 1.29 is 9.32 Å². The normalized spacial score (nSPS) is 17.9. The van der Waals surface area contributed by atoms with Crippen LogP contribution in [-0.4, -0.2) is 20.1 Å². The average Bonchev–Trinajstić information content (AvgIpc) is 2.51. The fourth-order valence-corrected chi connectivity index (χ4v) is 4.32. The molecule has 21 heavy (non-hydrogen) atoms. The van der Waals surface area contributed by atoms with Crippen LogP contribution in [0.1, 0.15) is 10.4 Å². The molecular formula is C15H14ClN2O2P. The van der Waals surface area contributed by atoms with E-state index >= 15 is 0 Å². The van der Waals surface area contributed by atoms with Gasteiger partial charge in [-0.15, -0.1) is 0 Å². The van der Waals surface area contributed by atoms with Crippen LogP contribution < -0.4 is 9.34 Å². The van der Waals surface area contributed by atoms with Crippen LogP contribution in [0.5, 0.6) is 0 Å². The van der Waals surface area contributed by atoms with Crippen LogP contribution in [0.15, 0.2) is 48.5 Å². The summed E-state index contributed by atoms with van der Waals surface area (Å²) in [4.78, 5) is 12.9. The highest BCUT2D eigenvalue weighted by Crippen LogP contribution is 2.54. The summed E-state index contributed by atoms with van der Waals surface area (Å²) in [5, 5.41) is 0.531. The van der Waals surface area contributed by atoms with E-state index in [0.29, 0.717) is 16.3 Å². The van der Waals surface area contributed by atoms with Gasteiger partial charge in [0, 0.05) is 14.2 Å². The lowest BCUT2D eigenvalue weighted by molar-refractivity contribution is 0.100. The second-order valence-corrected chi connectivity index (χ2v) is 6.82. The van der Waals surface area contributed by atoms with Crippen LogP contribution in [0.3, 0.4) is 0 Å². The van der Waals surface area contributed by atoms with Gasteiger partial charge in [-0.3, -0.25) is 4.79 Å². The Kier molecular flexibility index (Phi) is 3.85. The van der Waals surface area contributed by atoms with Gasteiger partial charge in [0.15, 0.2) is 0 Å². The van der Waals surface area contributed by atoms with Crippen molar-refractivity contribution in [3.05, 3.63) is 59.1 Å². The summed E-state index contributed by atoms with van der Waals surface area (Å²) >= 11 is 6.26. The maximum absolute atomic E-state index is 12.9. The lowest BCUT2D eigenvalue weighted by Crippen LogP contribution is -2.38. The van der Waals surface area contributed by atoms with Crippen LogP contribution in [0.2, 0.25) is 5.02 Å². The van der Waals surface area contributed by atoms with Gasteiger partial charge in [0.25, 0.3) is 14.4 Å². The van der Waals surface area contributed by atoms with E-state index in [1.807, 2.05) is 54.2 Å². The Bertz CT molecular complexity index is 695. The average molecular weight is 321 g/mol. The maximum atomic E-state index is 12.9. The molecule has 0 bridgehead atoms. The Morgan fingerprint density at radius 2 is 1.67 bits per heavy atom. The Hall–Kier alpha value is -1.61. The fraction of sp³-hybridized carbons (Fsp3) is 0.133. The lowest BCUT2D eigenvalue weighted by Gasteiger charge is -2.41. The zero-order valence-corrected chi connectivity index (χ0v) is 13.3. The van der Waals surface area contributed by atoms with Gasteiger partial charge in [0.1, 0.15) is 0 Å². The van der Waals surface area contributed by atoms with E-state index < -0.39 is 8.45 Å². The summed E-state index contributed by atoms with van der Waals surface area (Å²) in [6.45, 7) is 0. The van der Waals surface area contributed by atoms with E-state index in [-0.39, 0.29) is 5.91 Å². The molecule has 0 radical (unpaired) electrons. The number of halogens is 1. The molecule has 1 atom stereocenters. The Balaban J connectivity index is 2.17. The first-order valence-corrected chi connectivity index (χ1v) is 7.95. The van der Waals surface area contributed by atoms with Crippen LogP contribution in [0, 0.1) is 0 Å². The van der Waals surface area contributed by atoms with Crippen molar-refractivity contribution in [3.8, 4) is 0 Å². The second-order valence-electron chi connectivity index (χ2n) is 4.54. The summed E-state index contributed by atoms with van der Waals surface area (Å²) in [5.41, 5.74) is 2.19. The zero-order valence-electron chi connectivity index (χ0n) is 11.7. The molecule has 0 aliphatic carbocycles. The highest BCUT2D eigenvalue weighted by molar-refractivity contribution is 7.57. The number of benzene rings is 2. The molecule has 0 fully saturated rings. The molecule has 0 spiro atoms. The molecule has 1 aliphatic heterocycles. The molecule has 0 saturated carbocycles. The number of rotatable bonds is 2. The highest BCUT2D eigenvalue weighted by Gasteiger charge is 2.38. The smallest absolute Gasteiger partial charge is 0.266 e. The van der Waals surface area contributed by atoms with Crippen molar-refractivity contribution in [1.29, 1.82) is 0 Å². The van der Waals surface area contributed by atoms with Crippen LogP contribution >= 0.6 is 20.1 Å².